The molecule has 0 N–H and O–H groups in total. The van der Waals surface area contributed by atoms with E-state index in [4.69, 9.17) is 14.2 Å². The number of aryl methyl sites for hydroxylation is 2. The highest BCUT2D eigenvalue weighted by Crippen LogP contribution is 2.57. The first-order valence-electron chi connectivity index (χ1n) is 10.9. The second-order valence-corrected chi connectivity index (χ2v) is 10.1. The number of nitrogens with zero attached hydrogens (tertiary/aromatic N) is 1. The minimum Gasteiger partial charge on any atom is -0.468 e. The van der Waals surface area contributed by atoms with Gasteiger partial charge in [0.1, 0.15) is 10.5 Å². The third kappa shape index (κ3) is 4.34. The lowest BCUT2D eigenvalue weighted by Crippen LogP contribution is -2.61. The van der Waals surface area contributed by atoms with Gasteiger partial charge in [-0.2, -0.15) is 5.26 Å². The van der Waals surface area contributed by atoms with E-state index in [0.717, 1.165) is 32.5 Å². The highest BCUT2D eigenvalue weighted by Gasteiger charge is 2.68. The molecule has 0 amide bonds. The van der Waals surface area contributed by atoms with Crippen molar-refractivity contribution in [2.24, 2.45) is 5.41 Å². The smallest absolute Gasteiger partial charge is 0.327 e. The van der Waals surface area contributed by atoms with E-state index in [1.165, 1.54) is 0 Å². The van der Waals surface area contributed by atoms with Crippen LogP contribution in [0, 0.1) is 30.6 Å². The highest BCUT2D eigenvalue weighted by atomic mass is 32.2. The molecule has 0 aromatic heterocycles. The second-order valence-electron chi connectivity index (χ2n) is 8.47. The molecule has 0 saturated carbocycles. The highest BCUT2D eigenvalue weighted by molar-refractivity contribution is 7.88. The van der Waals surface area contributed by atoms with Crippen molar-refractivity contribution < 1.29 is 32.8 Å². The Morgan fingerprint density at radius 3 is 1.43 bits per heavy atom. The fourth-order valence-electron chi connectivity index (χ4n) is 4.82. The molecule has 8 nitrogen and oxygen atoms in total. The molecule has 0 radical (unpaired) electrons. The summed E-state index contributed by atoms with van der Waals surface area (Å²) in [5.74, 6) is -5.24. The van der Waals surface area contributed by atoms with Gasteiger partial charge in [-0.25, -0.2) is 0 Å². The molecule has 9 heteroatoms. The van der Waals surface area contributed by atoms with Crippen molar-refractivity contribution in [3.8, 4) is 6.07 Å². The van der Waals surface area contributed by atoms with E-state index < -0.39 is 56.5 Å². The Bertz CT molecular complexity index is 1110. The average molecular weight is 498 g/mol. The van der Waals surface area contributed by atoms with Gasteiger partial charge in [-0.15, -0.1) is 0 Å². The summed E-state index contributed by atoms with van der Waals surface area (Å²) in [6, 6.07) is 15.9. The lowest BCUT2D eigenvalue weighted by Gasteiger charge is -2.48. The predicted octanol–water partition coefficient (Wildman–Crippen LogP) is 2.70. The molecule has 0 spiro atoms. The first-order chi connectivity index (χ1) is 16.7. The Kier molecular flexibility index (Phi) is 7.76. The summed E-state index contributed by atoms with van der Waals surface area (Å²) >= 11 is 0. The number of hydrogen-bond acceptors (Lipinski definition) is 8. The van der Waals surface area contributed by atoms with E-state index in [0.29, 0.717) is 11.1 Å². The van der Waals surface area contributed by atoms with Gasteiger partial charge in [-0.1, -0.05) is 59.7 Å². The van der Waals surface area contributed by atoms with Crippen molar-refractivity contribution in [2.75, 3.05) is 21.3 Å². The van der Waals surface area contributed by atoms with Crippen LogP contribution in [0.3, 0.4) is 0 Å². The van der Waals surface area contributed by atoms with Gasteiger partial charge in [0.05, 0.1) is 38.2 Å². The summed E-state index contributed by atoms with van der Waals surface area (Å²) in [7, 11) is 1.15. The van der Waals surface area contributed by atoms with Crippen molar-refractivity contribution in [1.82, 2.24) is 0 Å². The maximum Gasteiger partial charge on any atom is 0.327 e. The molecule has 2 aromatic carbocycles. The van der Waals surface area contributed by atoms with Gasteiger partial charge in [0.2, 0.25) is 0 Å². The lowest BCUT2D eigenvalue weighted by atomic mass is 9.60. The van der Waals surface area contributed by atoms with Crippen LogP contribution < -0.4 is 0 Å². The van der Waals surface area contributed by atoms with Crippen LogP contribution in [0.4, 0.5) is 0 Å². The zero-order chi connectivity index (χ0) is 25.9. The van der Waals surface area contributed by atoms with Gasteiger partial charge in [0.15, 0.2) is 5.41 Å². The number of nitriles is 1. The zero-order valence-electron chi connectivity index (χ0n) is 20.1. The average Bonchev–Trinajstić information content (AvgIpc) is 2.87. The number of carbonyl (C=O) groups excluding carboxylic acids is 3. The number of benzene rings is 2. The predicted molar refractivity (Wildman–Crippen MR) is 128 cm³/mol. The first-order valence-corrected chi connectivity index (χ1v) is 12.1. The van der Waals surface area contributed by atoms with Crippen LogP contribution in [-0.2, 0) is 39.4 Å². The molecule has 3 rings (SSSR count). The van der Waals surface area contributed by atoms with Crippen LogP contribution >= 0.6 is 0 Å². The second kappa shape index (κ2) is 10.4. The molecule has 1 aliphatic rings. The minimum atomic E-state index is -2.22. The molecule has 1 aliphatic heterocycles. The Morgan fingerprint density at radius 1 is 0.771 bits per heavy atom. The summed E-state index contributed by atoms with van der Waals surface area (Å²) in [4.78, 5) is 39.7. The summed E-state index contributed by atoms with van der Waals surface area (Å²) in [6.07, 6.45) is 0. The number of esters is 3. The van der Waals surface area contributed by atoms with Gasteiger partial charge in [0, 0.05) is 11.8 Å². The summed E-state index contributed by atoms with van der Waals surface area (Å²) < 4.78 is 29.0. The Labute approximate surface area is 206 Å². The normalized spacial score (nSPS) is 27.8. The molecular formula is C26H27NO7S. The van der Waals surface area contributed by atoms with Gasteiger partial charge in [-0.05, 0) is 25.0 Å². The van der Waals surface area contributed by atoms with E-state index in [1.807, 2.05) is 13.8 Å². The van der Waals surface area contributed by atoms with Crippen LogP contribution in [0.1, 0.15) is 34.1 Å². The van der Waals surface area contributed by atoms with Crippen LogP contribution in [0.2, 0.25) is 0 Å². The maximum absolute atomic E-state index is 14.0. The quantitative estimate of drug-likeness (QED) is 0.457. The van der Waals surface area contributed by atoms with E-state index in [-0.39, 0.29) is 0 Å². The Morgan fingerprint density at radius 2 is 1.14 bits per heavy atom. The van der Waals surface area contributed by atoms with Crippen LogP contribution in [0.25, 0.3) is 0 Å². The number of carbonyl (C=O) groups is 3. The number of methoxy groups -OCH3 is 3. The molecule has 0 aliphatic carbocycles. The van der Waals surface area contributed by atoms with Gasteiger partial charge in [0.25, 0.3) is 0 Å². The van der Waals surface area contributed by atoms with E-state index in [1.54, 1.807) is 48.5 Å². The molecule has 35 heavy (non-hydrogen) atoms. The van der Waals surface area contributed by atoms with Gasteiger partial charge in [-0.3, -0.25) is 18.6 Å². The fraction of sp³-hybridized carbons (Fsp3) is 0.385. The van der Waals surface area contributed by atoms with Crippen molar-refractivity contribution in [3.63, 3.8) is 0 Å². The molecule has 1 heterocycles. The zero-order valence-corrected chi connectivity index (χ0v) is 21.0. The maximum atomic E-state index is 14.0. The fourth-order valence-corrected chi connectivity index (χ4v) is 6.99. The Balaban J connectivity index is 2.48. The monoisotopic (exact) mass is 497 g/mol. The molecule has 1 fully saturated rings. The summed E-state index contributed by atoms with van der Waals surface area (Å²) in [5.41, 5.74) is 0.551. The third-order valence-electron chi connectivity index (χ3n) is 6.54. The number of hydrogen-bond donors (Lipinski definition) is 0. The van der Waals surface area contributed by atoms with Crippen LogP contribution in [0.5, 0.6) is 0 Å². The number of ether oxygens (including phenoxy) is 3. The standard InChI is InChI=1S/C26H27NO7S/c1-15-6-10-17(11-7-15)19-21(23(28)32-3)35(31)22(24(29)33-4)20(18-12-8-16(2)9-13-18)26(19,14-27)25(30)34-5/h6-13,19-22H,1-5H3. The van der Waals surface area contributed by atoms with Gasteiger partial charge >= 0.3 is 17.9 Å². The molecular weight excluding hydrogens is 470 g/mol. The third-order valence-corrected chi connectivity index (χ3v) is 8.47. The van der Waals surface area contributed by atoms with Crippen molar-refractivity contribution in [3.05, 3.63) is 70.8 Å². The molecule has 4 unspecified atom stereocenters. The Hall–Kier alpha value is -3.51. The van der Waals surface area contributed by atoms with E-state index in [9.17, 15) is 23.9 Å². The summed E-state index contributed by atoms with van der Waals surface area (Å²) in [6.45, 7) is 3.72. The van der Waals surface area contributed by atoms with E-state index in [2.05, 4.69) is 6.07 Å². The molecule has 1 saturated heterocycles. The van der Waals surface area contributed by atoms with Crippen LogP contribution in [-0.4, -0.2) is 53.9 Å². The minimum absolute atomic E-state index is 0.423. The summed E-state index contributed by atoms with van der Waals surface area (Å²) in [5, 5.41) is 7.68. The first kappa shape index (κ1) is 26.1. The van der Waals surface area contributed by atoms with E-state index >= 15 is 0 Å². The largest absolute Gasteiger partial charge is 0.468 e. The molecule has 184 valence electrons. The molecule has 2 aromatic rings. The molecule has 4 atom stereocenters. The van der Waals surface area contributed by atoms with Gasteiger partial charge < -0.3 is 14.2 Å². The lowest BCUT2D eigenvalue weighted by molar-refractivity contribution is -0.155. The molecule has 0 bridgehead atoms. The SMILES string of the molecule is COC(=O)C1C(c2ccc(C)cc2)C(C#N)(C(=O)OC)C(c2ccc(C)cc2)C(C(=O)OC)S1=O. The topological polar surface area (TPSA) is 120 Å². The van der Waals surface area contributed by atoms with Crippen molar-refractivity contribution in [1.29, 1.82) is 5.26 Å². The van der Waals surface area contributed by atoms with Crippen molar-refractivity contribution >= 4 is 28.7 Å². The number of rotatable bonds is 5. The van der Waals surface area contributed by atoms with Crippen LogP contribution in [0.15, 0.2) is 48.5 Å². The van der Waals surface area contributed by atoms with Crippen molar-refractivity contribution in [2.45, 2.75) is 36.2 Å².